The first-order chi connectivity index (χ1) is 7.58. The van der Waals surface area contributed by atoms with Crippen LogP contribution in [0.4, 0.5) is 0 Å². The Morgan fingerprint density at radius 2 is 2.00 bits per heavy atom. The Morgan fingerprint density at radius 3 is 2.56 bits per heavy atom. The first kappa shape index (κ1) is 11.0. The number of aryl methyl sites for hydroxylation is 3. The zero-order valence-corrected chi connectivity index (χ0v) is 10.4. The molecule has 0 unspecified atom stereocenters. The van der Waals surface area contributed by atoms with E-state index in [1.807, 2.05) is 44.4 Å². The van der Waals surface area contributed by atoms with Gasteiger partial charge in [0.2, 0.25) is 0 Å². The van der Waals surface area contributed by atoms with Crippen LogP contribution in [0, 0.1) is 20.8 Å². The summed E-state index contributed by atoms with van der Waals surface area (Å²) in [6, 6.07) is 5.65. The summed E-state index contributed by atoms with van der Waals surface area (Å²) < 4.78 is 0. The van der Waals surface area contributed by atoms with Gasteiger partial charge in [0.15, 0.2) is 5.78 Å². The molecule has 0 aliphatic heterocycles. The highest BCUT2D eigenvalue weighted by atomic mass is 32.1. The normalized spacial score (nSPS) is 10.4. The van der Waals surface area contributed by atoms with Crippen molar-refractivity contribution in [2.24, 2.45) is 0 Å². The summed E-state index contributed by atoms with van der Waals surface area (Å²) in [7, 11) is 0. The Kier molecular flexibility index (Phi) is 2.88. The third-order valence-corrected chi connectivity index (χ3v) is 3.32. The minimum atomic E-state index is 0.0642. The molecule has 0 saturated carbocycles. The lowest BCUT2D eigenvalue weighted by Crippen LogP contribution is -2.04. The molecule has 0 atom stereocenters. The first-order valence-electron chi connectivity index (χ1n) is 5.12. The smallest absolute Gasteiger partial charge is 0.195 e. The number of hydrogen-bond donors (Lipinski definition) is 0. The Morgan fingerprint density at radius 1 is 1.25 bits per heavy atom. The molecular formula is C13H13NOS. The number of thiophene rings is 1. The Bertz CT molecular complexity index is 543. The standard InChI is InChI=1S/C13H13NOS/c1-8-4-5-12(10(3)14-8)13(15)11-6-9(2)16-7-11/h4-7H,1-3H3. The van der Waals surface area contributed by atoms with Gasteiger partial charge in [-0.2, -0.15) is 0 Å². The van der Waals surface area contributed by atoms with Gasteiger partial charge in [-0.3, -0.25) is 9.78 Å². The van der Waals surface area contributed by atoms with Crippen molar-refractivity contribution in [3.8, 4) is 0 Å². The maximum atomic E-state index is 12.2. The number of nitrogens with zero attached hydrogens (tertiary/aromatic N) is 1. The SMILES string of the molecule is Cc1ccc(C(=O)c2csc(C)c2)c(C)n1. The molecule has 0 spiro atoms. The van der Waals surface area contributed by atoms with E-state index in [1.165, 1.54) is 0 Å². The van der Waals surface area contributed by atoms with Gasteiger partial charge >= 0.3 is 0 Å². The predicted molar refractivity (Wildman–Crippen MR) is 66.2 cm³/mol. The van der Waals surface area contributed by atoms with Gasteiger partial charge in [-0.05, 0) is 39.0 Å². The van der Waals surface area contributed by atoms with E-state index in [0.717, 1.165) is 21.8 Å². The summed E-state index contributed by atoms with van der Waals surface area (Å²) in [4.78, 5) is 17.6. The van der Waals surface area contributed by atoms with E-state index in [1.54, 1.807) is 11.3 Å². The van der Waals surface area contributed by atoms with Crippen LogP contribution < -0.4 is 0 Å². The third kappa shape index (κ3) is 2.04. The lowest BCUT2D eigenvalue weighted by atomic mass is 10.0. The minimum absolute atomic E-state index is 0.0642. The molecule has 16 heavy (non-hydrogen) atoms. The Hall–Kier alpha value is -1.48. The fourth-order valence-corrected chi connectivity index (χ4v) is 2.33. The van der Waals surface area contributed by atoms with Gasteiger partial charge in [0.25, 0.3) is 0 Å². The van der Waals surface area contributed by atoms with E-state index >= 15 is 0 Å². The predicted octanol–water partition coefficient (Wildman–Crippen LogP) is 3.30. The van der Waals surface area contributed by atoms with Crippen molar-refractivity contribution in [1.29, 1.82) is 0 Å². The van der Waals surface area contributed by atoms with Crippen LogP contribution in [0.5, 0.6) is 0 Å². The highest BCUT2D eigenvalue weighted by Gasteiger charge is 2.13. The monoisotopic (exact) mass is 231 g/mol. The number of pyridine rings is 1. The molecule has 0 N–H and O–H groups in total. The van der Waals surface area contributed by atoms with Crippen LogP contribution in [0.2, 0.25) is 0 Å². The lowest BCUT2D eigenvalue weighted by molar-refractivity contribution is 0.103. The molecule has 0 aliphatic rings. The van der Waals surface area contributed by atoms with E-state index in [4.69, 9.17) is 0 Å². The van der Waals surface area contributed by atoms with Gasteiger partial charge in [-0.25, -0.2) is 0 Å². The molecule has 2 heterocycles. The zero-order valence-electron chi connectivity index (χ0n) is 9.57. The molecule has 3 heteroatoms. The number of carbonyl (C=O) groups excluding carboxylic acids is 1. The highest BCUT2D eigenvalue weighted by Crippen LogP contribution is 2.18. The summed E-state index contributed by atoms with van der Waals surface area (Å²) in [5.74, 6) is 0.0642. The van der Waals surface area contributed by atoms with Crippen LogP contribution in [0.25, 0.3) is 0 Å². The van der Waals surface area contributed by atoms with Crippen LogP contribution in [-0.4, -0.2) is 10.8 Å². The van der Waals surface area contributed by atoms with Crippen molar-refractivity contribution in [1.82, 2.24) is 4.98 Å². The number of rotatable bonds is 2. The van der Waals surface area contributed by atoms with Crippen molar-refractivity contribution in [2.45, 2.75) is 20.8 Å². The number of carbonyl (C=O) groups is 1. The molecule has 0 aliphatic carbocycles. The average molecular weight is 231 g/mol. The van der Waals surface area contributed by atoms with Crippen LogP contribution in [0.1, 0.15) is 32.2 Å². The maximum Gasteiger partial charge on any atom is 0.195 e. The van der Waals surface area contributed by atoms with Gasteiger partial charge in [0.1, 0.15) is 0 Å². The second-order valence-corrected chi connectivity index (χ2v) is 4.98. The molecule has 2 aromatic heterocycles. The summed E-state index contributed by atoms with van der Waals surface area (Å²) in [5, 5.41) is 1.90. The topological polar surface area (TPSA) is 30.0 Å². The second kappa shape index (κ2) is 4.18. The molecule has 0 aromatic carbocycles. The van der Waals surface area contributed by atoms with E-state index in [9.17, 15) is 4.79 Å². The first-order valence-corrected chi connectivity index (χ1v) is 6.00. The summed E-state index contributed by atoms with van der Waals surface area (Å²) in [6.07, 6.45) is 0. The van der Waals surface area contributed by atoms with E-state index in [0.29, 0.717) is 5.56 Å². The van der Waals surface area contributed by atoms with Crippen molar-refractivity contribution in [2.75, 3.05) is 0 Å². The van der Waals surface area contributed by atoms with Gasteiger partial charge in [0, 0.05) is 32.8 Å². The zero-order chi connectivity index (χ0) is 11.7. The molecule has 82 valence electrons. The molecular weight excluding hydrogens is 218 g/mol. The van der Waals surface area contributed by atoms with Crippen LogP contribution in [0.3, 0.4) is 0 Å². The summed E-state index contributed by atoms with van der Waals surface area (Å²) in [5.41, 5.74) is 3.20. The minimum Gasteiger partial charge on any atom is -0.289 e. The Labute approximate surface area is 99.0 Å². The van der Waals surface area contributed by atoms with Gasteiger partial charge in [0.05, 0.1) is 0 Å². The van der Waals surface area contributed by atoms with Gasteiger partial charge in [-0.1, -0.05) is 0 Å². The van der Waals surface area contributed by atoms with Crippen molar-refractivity contribution >= 4 is 17.1 Å². The average Bonchev–Trinajstić information content (AvgIpc) is 2.64. The quantitative estimate of drug-likeness (QED) is 0.742. The number of hydrogen-bond acceptors (Lipinski definition) is 3. The van der Waals surface area contributed by atoms with E-state index in [2.05, 4.69) is 4.98 Å². The maximum absolute atomic E-state index is 12.2. The second-order valence-electron chi connectivity index (χ2n) is 3.86. The molecule has 2 nitrogen and oxygen atoms in total. The van der Waals surface area contributed by atoms with E-state index < -0.39 is 0 Å². The van der Waals surface area contributed by atoms with Crippen molar-refractivity contribution in [3.63, 3.8) is 0 Å². The van der Waals surface area contributed by atoms with Gasteiger partial charge < -0.3 is 0 Å². The molecule has 0 saturated heterocycles. The fourth-order valence-electron chi connectivity index (χ4n) is 1.64. The van der Waals surface area contributed by atoms with Crippen LogP contribution >= 0.6 is 11.3 Å². The summed E-state index contributed by atoms with van der Waals surface area (Å²) in [6.45, 7) is 5.80. The molecule has 0 amide bonds. The van der Waals surface area contributed by atoms with Crippen molar-refractivity contribution in [3.05, 3.63) is 51.0 Å². The van der Waals surface area contributed by atoms with Gasteiger partial charge in [-0.15, -0.1) is 11.3 Å². The number of aromatic nitrogens is 1. The lowest BCUT2D eigenvalue weighted by Gasteiger charge is -2.03. The Balaban J connectivity index is 2.41. The van der Waals surface area contributed by atoms with Crippen LogP contribution in [0.15, 0.2) is 23.6 Å². The van der Waals surface area contributed by atoms with E-state index in [-0.39, 0.29) is 5.78 Å². The molecule has 2 rings (SSSR count). The molecule has 0 bridgehead atoms. The largest absolute Gasteiger partial charge is 0.289 e. The summed E-state index contributed by atoms with van der Waals surface area (Å²) >= 11 is 1.60. The van der Waals surface area contributed by atoms with Crippen LogP contribution in [-0.2, 0) is 0 Å². The molecule has 2 aromatic rings. The third-order valence-electron chi connectivity index (χ3n) is 2.46. The molecule has 0 radical (unpaired) electrons. The number of ketones is 1. The molecule has 0 fully saturated rings. The fraction of sp³-hybridized carbons (Fsp3) is 0.231. The van der Waals surface area contributed by atoms with Crippen molar-refractivity contribution < 1.29 is 4.79 Å². The highest BCUT2D eigenvalue weighted by molar-refractivity contribution is 7.10.